The Kier molecular flexibility index (Phi) is 4.03. The first-order chi connectivity index (χ1) is 12.2. The van der Waals surface area contributed by atoms with E-state index >= 15 is 0 Å². The maximum atomic E-state index is 11.5. The molecule has 3 aromatic rings. The average molecular weight is 334 g/mol. The Morgan fingerprint density at radius 1 is 1.04 bits per heavy atom. The monoisotopic (exact) mass is 334 g/mol. The molecule has 0 radical (unpaired) electrons. The van der Waals surface area contributed by atoms with E-state index in [0.29, 0.717) is 24.6 Å². The first-order valence-electron chi connectivity index (χ1n) is 8.22. The number of hydrogen-bond donors (Lipinski definition) is 1. The van der Waals surface area contributed by atoms with Gasteiger partial charge in [-0.1, -0.05) is 24.3 Å². The smallest absolute Gasteiger partial charge is 0.248 e. The van der Waals surface area contributed by atoms with Crippen LogP contribution in [0.15, 0.2) is 48.5 Å². The van der Waals surface area contributed by atoms with E-state index in [-0.39, 0.29) is 0 Å². The summed E-state index contributed by atoms with van der Waals surface area (Å²) in [5.74, 6) is 1.02. The lowest BCUT2D eigenvalue weighted by Gasteiger charge is -2.29. The summed E-state index contributed by atoms with van der Waals surface area (Å²) in [5.41, 5.74) is 7.49. The zero-order valence-electron chi connectivity index (χ0n) is 13.7. The Morgan fingerprint density at radius 3 is 2.64 bits per heavy atom. The number of nitrogens with zero attached hydrogens (tertiary/aromatic N) is 3. The fraction of sp³-hybridized carbons (Fsp3) is 0.211. The fourth-order valence-electron chi connectivity index (χ4n) is 3.02. The second kappa shape index (κ2) is 6.49. The first-order valence-corrected chi connectivity index (χ1v) is 8.22. The highest BCUT2D eigenvalue weighted by molar-refractivity contribution is 5.94. The summed E-state index contributed by atoms with van der Waals surface area (Å²) in [4.78, 5) is 23.2. The first kappa shape index (κ1) is 15.5. The van der Waals surface area contributed by atoms with Crippen molar-refractivity contribution in [3.05, 3.63) is 54.1 Å². The normalized spacial score (nSPS) is 14.6. The molecule has 6 nitrogen and oxygen atoms in total. The van der Waals surface area contributed by atoms with Crippen LogP contribution in [0.5, 0.6) is 0 Å². The largest absolute Gasteiger partial charge is 0.378 e. The van der Waals surface area contributed by atoms with Gasteiger partial charge in [0.15, 0.2) is 5.82 Å². The van der Waals surface area contributed by atoms with Gasteiger partial charge in [0.1, 0.15) is 5.82 Å². The lowest BCUT2D eigenvalue weighted by Crippen LogP contribution is -2.37. The number of ether oxygens (including phenoxy) is 1. The van der Waals surface area contributed by atoms with E-state index in [9.17, 15) is 4.79 Å². The summed E-state index contributed by atoms with van der Waals surface area (Å²) in [6.07, 6.45) is 0. The van der Waals surface area contributed by atoms with Gasteiger partial charge in [-0.25, -0.2) is 9.97 Å². The number of amides is 1. The van der Waals surface area contributed by atoms with Crippen molar-refractivity contribution in [3.63, 3.8) is 0 Å². The zero-order chi connectivity index (χ0) is 17.2. The molecule has 6 heteroatoms. The third-order valence-corrected chi connectivity index (χ3v) is 4.30. The standard InChI is InChI=1S/C19H18N4O2/c20-17(24)13-4-3-5-14(12-13)18-21-16-7-2-1-6-15(16)19(22-18)23-8-10-25-11-9-23/h1-7,12H,8-11H2,(H2,20,24). The lowest BCUT2D eigenvalue weighted by atomic mass is 10.1. The molecule has 0 saturated carbocycles. The van der Waals surface area contributed by atoms with Gasteiger partial charge >= 0.3 is 0 Å². The van der Waals surface area contributed by atoms with Gasteiger partial charge in [0.2, 0.25) is 5.91 Å². The van der Waals surface area contributed by atoms with Crippen LogP contribution in [-0.2, 0) is 4.74 Å². The third-order valence-electron chi connectivity index (χ3n) is 4.30. The molecular formula is C19H18N4O2. The van der Waals surface area contributed by atoms with Crippen LogP contribution in [0.2, 0.25) is 0 Å². The molecule has 4 rings (SSSR count). The minimum Gasteiger partial charge on any atom is -0.378 e. The number of hydrogen-bond acceptors (Lipinski definition) is 5. The van der Waals surface area contributed by atoms with E-state index in [4.69, 9.17) is 15.5 Å². The van der Waals surface area contributed by atoms with Gasteiger partial charge < -0.3 is 15.4 Å². The zero-order valence-corrected chi connectivity index (χ0v) is 13.7. The van der Waals surface area contributed by atoms with Crippen LogP contribution < -0.4 is 10.6 Å². The summed E-state index contributed by atoms with van der Waals surface area (Å²) >= 11 is 0. The van der Waals surface area contributed by atoms with Crippen molar-refractivity contribution in [1.29, 1.82) is 0 Å². The van der Waals surface area contributed by atoms with E-state index in [1.165, 1.54) is 0 Å². The second-order valence-corrected chi connectivity index (χ2v) is 5.93. The molecule has 0 bridgehead atoms. The lowest BCUT2D eigenvalue weighted by molar-refractivity contribution is 0.100. The molecule has 1 aromatic heterocycles. The van der Waals surface area contributed by atoms with Crippen LogP contribution in [0.4, 0.5) is 5.82 Å². The summed E-state index contributed by atoms with van der Waals surface area (Å²) < 4.78 is 5.45. The molecule has 0 atom stereocenters. The number of carbonyl (C=O) groups is 1. The molecular weight excluding hydrogens is 316 g/mol. The number of fused-ring (bicyclic) bond motifs is 1. The van der Waals surface area contributed by atoms with Crippen molar-refractivity contribution >= 4 is 22.6 Å². The summed E-state index contributed by atoms with van der Waals surface area (Å²) in [7, 11) is 0. The van der Waals surface area contributed by atoms with Crippen LogP contribution in [0.1, 0.15) is 10.4 Å². The SMILES string of the molecule is NC(=O)c1cccc(-c2nc(N3CCOCC3)c3ccccc3n2)c1. The van der Waals surface area contributed by atoms with E-state index < -0.39 is 5.91 Å². The molecule has 0 aliphatic carbocycles. The topological polar surface area (TPSA) is 81.3 Å². The highest BCUT2D eigenvalue weighted by atomic mass is 16.5. The van der Waals surface area contributed by atoms with Crippen molar-refractivity contribution in [2.24, 2.45) is 5.73 Å². The van der Waals surface area contributed by atoms with Crippen LogP contribution >= 0.6 is 0 Å². The van der Waals surface area contributed by atoms with E-state index in [2.05, 4.69) is 9.88 Å². The molecule has 2 aromatic carbocycles. The molecule has 0 unspecified atom stereocenters. The Labute approximate surface area is 145 Å². The van der Waals surface area contributed by atoms with Crippen LogP contribution in [0, 0.1) is 0 Å². The maximum absolute atomic E-state index is 11.5. The number of rotatable bonds is 3. The number of carbonyl (C=O) groups excluding carboxylic acids is 1. The Hall–Kier alpha value is -2.99. The minimum absolute atomic E-state index is 0.446. The fourth-order valence-corrected chi connectivity index (χ4v) is 3.02. The number of morpholine rings is 1. The second-order valence-electron chi connectivity index (χ2n) is 5.93. The van der Waals surface area contributed by atoms with Crippen molar-refractivity contribution < 1.29 is 9.53 Å². The molecule has 1 saturated heterocycles. The van der Waals surface area contributed by atoms with Crippen LogP contribution in [-0.4, -0.2) is 42.2 Å². The molecule has 2 heterocycles. The Bertz CT molecular complexity index is 936. The molecule has 1 aliphatic rings. The third kappa shape index (κ3) is 3.04. The molecule has 126 valence electrons. The molecule has 0 spiro atoms. The van der Waals surface area contributed by atoms with Crippen molar-refractivity contribution in [3.8, 4) is 11.4 Å². The molecule has 2 N–H and O–H groups in total. The summed E-state index contributed by atoms with van der Waals surface area (Å²) in [5, 5.41) is 1.01. The van der Waals surface area contributed by atoms with E-state index in [0.717, 1.165) is 35.4 Å². The van der Waals surface area contributed by atoms with Crippen molar-refractivity contribution in [2.75, 3.05) is 31.2 Å². The number of aromatic nitrogens is 2. The predicted octanol–water partition coefficient (Wildman–Crippen LogP) is 2.23. The van der Waals surface area contributed by atoms with Gasteiger partial charge in [-0.3, -0.25) is 4.79 Å². The molecule has 1 amide bonds. The Morgan fingerprint density at radius 2 is 1.84 bits per heavy atom. The van der Waals surface area contributed by atoms with Crippen molar-refractivity contribution in [2.45, 2.75) is 0 Å². The van der Waals surface area contributed by atoms with Gasteiger partial charge in [0.25, 0.3) is 0 Å². The van der Waals surface area contributed by atoms with Crippen LogP contribution in [0.3, 0.4) is 0 Å². The highest BCUT2D eigenvalue weighted by Gasteiger charge is 2.18. The number of nitrogens with two attached hydrogens (primary N) is 1. The number of para-hydroxylation sites is 1. The highest BCUT2D eigenvalue weighted by Crippen LogP contribution is 2.28. The van der Waals surface area contributed by atoms with Gasteiger partial charge in [-0.2, -0.15) is 0 Å². The number of anilines is 1. The maximum Gasteiger partial charge on any atom is 0.248 e. The average Bonchev–Trinajstić information content (AvgIpc) is 2.68. The van der Waals surface area contributed by atoms with E-state index in [1.807, 2.05) is 30.3 Å². The molecule has 25 heavy (non-hydrogen) atoms. The van der Waals surface area contributed by atoms with Gasteiger partial charge in [-0.05, 0) is 24.3 Å². The quantitative estimate of drug-likeness (QED) is 0.794. The van der Waals surface area contributed by atoms with Crippen molar-refractivity contribution in [1.82, 2.24) is 9.97 Å². The van der Waals surface area contributed by atoms with Gasteiger partial charge in [0, 0.05) is 29.6 Å². The van der Waals surface area contributed by atoms with Gasteiger partial charge in [0.05, 0.1) is 18.7 Å². The summed E-state index contributed by atoms with van der Waals surface area (Å²) in [6.45, 7) is 2.96. The summed E-state index contributed by atoms with van der Waals surface area (Å²) in [6, 6.07) is 15.1. The molecule has 1 fully saturated rings. The number of primary amides is 1. The Balaban J connectivity index is 1.87. The van der Waals surface area contributed by atoms with Crippen LogP contribution in [0.25, 0.3) is 22.3 Å². The van der Waals surface area contributed by atoms with Gasteiger partial charge in [-0.15, -0.1) is 0 Å². The van der Waals surface area contributed by atoms with E-state index in [1.54, 1.807) is 18.2 Å². The molecule has 1 aliphatic heterocycles. The number of benzene rings is 2. The minimum atomic E-state index is -0.462. The predicted molar refractivity (Wildman–Crippen MR) is 96.5 cm³/mol.